The van der Waals surface area contributed by atoms with Crippen LogP contribution in [0.4, 0.5) is 0 Å². The highest BCUT2D eigenvalue weighted by Gasteiger charge is 2.30. The van der Waals surface area contributed by atoms with E-state index in [4.69, 9.17) is 0 Å². The number of carbonyl (C=O) groups excluding carboxylic acids is 1. The first-order valence-electron chi connectivity index (χ1n) is 4.64. The van der Waals surface area contributed by atoms with E-state index in [2.05, 4.69) is 28.2 Å². The number of rotatable bonds is 5. The van der Waals surface area contributed by atoms with E-state index in [1.54, 1.807) is 0 Å². The van der Waals surface area contributed by atoms with Crippen LogP contribution in [-0.4, -0.2) is 17.3 Å². The fourth-order valence-corrected chi connectivity index (χ4v) is 1.73. The van der Waals surface area contributed by atoms with Gasteiger partial charge in [0.05, 0.1) is 0 Å². The fourth-order valence-electron chi connectivity index (χ4n) is 1.17. The second kappa shape index (κ2) is 4.85. The SMILES string of the molecule is CCC(CCBr)NC(=O)C1CC1. The second-order valence-corrected chi connectivity index (χ2v) is 4.16. The molecule has 0 aromatic heterocycles. The van der Waals surface area contributed by atoms with Crippen molar-refractivity contribution < 1.29 is 4.79 Å². The van der Waals surface area contributed by atoms with Gasteiger partial charge >= 0.3 is 0 Å². The molecule has 0 spiro atoms. The first kappa shape index (κ1) is 10.0. The molecule has 1 aliphatic rings. The van der Waals surface area contributed by atoms with Crippen LogP contribution in [0.2, 0.25) is 0 Å². The Kier molecular flexibility index (Phi) is 4.06. The second-order valence-electron chi connectivity index (χ2n) is 3.37. The third-order valence-corrected chi connectivity index (χ3v) is 2.70. The lowest BCUT2D eigenvalue weighted by molar-refractivity contribution is -0.123. The summed E-state index contributed by atoms with van der Waals surface area (Å²) >= 11 is 3.38. The van der Waals surface area contributed by atoms with E-state index < -0.39 is 0 Å². The van der Waals surface area contributed by atoms with Crippen molar-refractivity contribution in [3.63, 3.8) is 0 Å². The molecule has 0 aliphatic heterocycles. The number of hydrogen-bond acceptors (Lipinski definition) is 1. The van der Waals surface area contributed by atoms with E-state index in [1.807, 2.05) is 0 Å². The highest BCUT2D eigenvalue weighted by atomic mass is 79.9. The Hall–Kier alpha value is -0.0500. The van der Waals surface area contributed by atoms with Crippen molar-refractivity contribution >= 4 is 21.8 Å². The summed E-state index contributed by atoms with van der Waals surface area (Å²) in [6.07, 6.45) is 4.26. The Labute approximate surface area is 82.2 Å². The molecule has 0 saturated heterocycles. The quantitative estimate of drug-likeness (QED) is 0.725. The molecule has 3 heteroatoms. The maximum Gasteiger partial charge on any atom is 0.223 e. The van der Waals surface area contributed by atoms with Gasteiger partial charge in [0, 0.05) is 17.3 Å². The zero-order valence-electron chi connectivity index (χ0n) is 7.48. The predicted octanol–water partition coefficient (Wildman–Crippen LogP) is 2.08. The summed E-state index contributed by atoms with van der Waals surface area (Å²) in [7, 11) is 0. The van der Waals surface area contributed by atoms with E-state index in [0.29, 0.717) is 12.0 Å². The van der Waals surface area contributed by atoms with Crippen LogP contribution in [0.1, 0.15) is 32.6 Å². The maximum atomic E-state index is 11.3. The van der Waals surface area contributed by atoms with Gasteiger partial charge in [-0.05, 0) is 25.7 Å². The predicted molar refractivity (Wildman–Crippen MR) is 53.4 cm³/mol. The first-order valence-corrected chi connectivity index (χ1v) is 5.76. The summed E-state index contributed by atoms with van der Waals surface area (Å²) in [6, 6.07) is 0.373. The topological polar surface area (TPSA) is 29.1 Å². The Morgan fingerprint density at radius 3 is 2.75 bits per heavy atom. The fraction of sp³-hybridized carbons (Fsp3) is 0.889. The number of nitrogens with one attached hydrogen (secondary N) is 1. The third kappa shape index (κ3) is 3.13. The van der Waals surface area contributed by atoms with Gasteiger partial charge in [0.2, 0.25) is 5.91 Å². The molecule has 2 nitrogen and oxygen atoms in total. The van der Waals surface area contributed by atoms with Gasteiger partial charge in [-0.2, -0.15) is 0 Å². The number of carbonyl (C=O) groups is 1. The highest BCUT2D eigenvalue weighted by Crippen LogP contribution is 2.29. The van der Waals surface area contributed by atoms with Crippen LogP contribution in [0.3, 0.4) is 0 Å². The van der Waals surface area contributed by atoms with Gasteiger partial charge in [-0.15, -0.1) is 0 Å². The number of hydrogen-bond donors (Lipinski definition) is 1. The largest absolute Gasteiger partial charge is 0.353 e. The van der Waals surface area contributed by atoms with Crippen LogP contribution < -0.4 is 5.32 Å². The maximum absolute atomic E-state index is 11.3. The van der Waals surface area contributed by atoms with E-state index in [9.17, 15) is 4.79 Å². The van der Waals surface area contributed by atoms with Gasteiger partial charge in [0.1, 0.15) is 0 Å². The summed E-state index contributed by atoms with van der Waals surface area (Å²) < 4.78 is 0. The van der Waals surface area contributed by atoms with Crippen molar-refractivity contribution in [2.24, 2.45) is 5.92 Å². The number of halogens is 1. The number of alkyl halides is 1. The molecular formula is C9H16BrNO. The molecule has 1 fully saturated rings. The first-order chi connectivity index (χ1) is 5.77. The average Bonchev–Trinajstić information content (AvgIpc) is 2.85. The zero-order chi connectivity index (χ0) is 8.97. The molecule has 1 rings (SSSR count). The van der Waals surface area contributed by atoms with Crippen LogP contribution in [-0.2, 0) is 4.79 Å². The minimum absolute atomic E-state index is 0.266. The monoisotopic (exact) mass is 233 g/mol. The molecule has 1 saturated carbocycles. The molecule has 1 atom stereocenters. The molecule has 70 valence electrons. The Morgan fingerprint density at radius 1 is 1.67 bits per heavy atom. The summed E-state index contributed by atoms with van der Waals surface area (Å²) in [5.74, 6) is 0.608. The van der Waals surface area contributed by atoms with E-state index in [0.717, 1.165) is 31.0 Å². The molecule has 0 bridgehead atoms. The summed E-state index contributed by atoms with van der Waals surface area (Å²) in [5.41, 5.74) is 0. The van der Waals surface area contributed by atoms with Gasteiger partial charge < -0.3 is 5.32 Å². The lowest BCUT2D eigenvalue weighted by atomic mass is 10.1. The highest BCUT2D eigenvalue weighted by molar-refractivity contribution is 9.09. The normalized spacial score (nSPS) is 18.8. The molecular weight excluding hydrogens is 218 g/mol. The molecule has 12 heavy (non-hydrogen) atoms. The molecule has 1 aliphatic carbocycles. The zero-order valence-corrected chi connectivity index (χ0v) is 9.06. The lowest BCUT2D eigenvalue weighted by Gasteiger charge is -2.15. The molecule has 0 aromatic rings. The van der Waals surface area contributed by atoms with Crippen LogP contribution in [0.15, 0.2) is 0 Å². The van der Waals surface area contributed by atoms with Crippen molar-refractivity contribution in [3.05, 3.63) is 0 Å². The Balaban J connectivity index is 2.20. The van der Waals surface area contributed by atoms with Crippen molar-refractivity contribution in [2.75, 3.05) is 5.33 Å². The lowest BCUT2D eigenvalue weighted by Crippen LogP contribution is -2.35. The van der Waals surface area contributed by atoms with Gasteiger partial charge in [0.15, 0.2) is 0 Å². The van der Waals surface area contributed by atoms with Crippen LogP contribution in [0.25, 0.3) is 0 Å². The molecule has 0 aromatic carbocycles. The molecule has 1 N–H and O–H groups in total. The van der Waals surface area contributed by atoms with Crippen molar-refractivity contribution in [3.8, 4) is 0 Å². The summed E-state index contributed by atoms with van der Waals surface area (Å²) in [5, 5.41) is 4.03. The minimum Gasteiger partial charge on any atom is -0.353 e. The van der Waals surface area contributed by atoms with Crippen molar-refractivity contribution in [1.82, 2.24) is 5.32 Å². The average molecular weight is 234 g/mol. The van der Waals surface area contributed by atoms with E-state index >= 15 is 0 Å². The smallest absolute Gasteiger partial charge is 0.223 e. The van der Waals surface area contributed by atoms with Gasteiger partial charge in [0.25, 0.3) is 0 Å². The van der Waals surface area contributed by atoms with Gasteiger partial charge in [-0.25, -0.2) is 0 Å². The standard InChI is InChI=1S/C9H16BrNO/c1-2-8(5-6-10)11-9(12)7-3-4-7/h7-8H,2-6H2,1H3,(H,11,12). The summed E-state index contributed by atoms with van der Waals surface area (Å²) in [6.45, 7) is 2.11. The number of amides is 1. The molecule has 1 amide bonds. The molecule has 0 heterocycles. The van der Waals surface area contributed by atoms with Gasteiger partial charge in [-0.1, -0.05) is 22.9 Å². The van der Waals surface area contributed by atoms with E-state index in [1.165, 1.54) is 0 Å². The minimum atomic E-state index is 0.266. The Bertz CT molecular complexity index is 157. The van der Waals surface area contributed by atoms with Crippen LogP contribution >= 0.6 is 15.9 Å². The molecule has 0 radical (unpaired) electrons. The van der Waals surface area contributed by atoms with Crippen LogP contribution in [0, 0.1) is 5.92 Å². The van der Waals surface area contributed by atoms with Crippen molar-refractivity contribution in [2.45, 2.75) is 38.6 Å². The molecule has 1 unspecified atom stereocenters. The van der Waals surface area contributed by atoms with Crippen LogP contribution in [0.5, 0.6) is 0 Å². The van der Waals surface area contributed by atoms with E-state index in [-0.39, 0.29) is 5.91 Å². The van der Waals surface area contributed by atoms with Gasteiger partial charge in [-0.3, -0.25) is 4.79 Å². The summed E-state index contributed by atoms with van der Waals surface area (Å²) in [4.78, 5) is 11.3. The van der Waals surface area contributed by atoms with Crippen molar-refractivity contribution in [1.29, 1.82) is 0 Å². The Morgan fingerprint density at radius 2 is 2.33 bits per heavy atom. The third-order valence-electron chi connectivity index (χ3n) is 2.24.